The minimum absolute atomic E-state index is 0.00593. The third-order valence-electron chi connectivity index (χ3n) is 1.97. The Balaban J connectivity index is 2.36. The van der Waals surface area contributed by atoms with Crippen molar-refractivity contribution >= 4 is 22.0 Å². The van der Waals surface area contributed by atoms with Gasteiger partial charge in [0, 0.05) is 11.4 Å². The number of carbonyl (C=O) groups excluding carboxylic acids is 1. The molecule has 0 bridgehead atoms. The van der Waals surface area contributed by atoms with Gasteiger partial charge in [-0.1, -0.05) is 15.9 Å². The predicted octanol–water partition coefficient (Wildman–Crippen LogP) is 2.06. The van der Waals surface area contributed by atoms with Crippen molar-refractivity contribution in [3.63, 3.8) is 0 Å². The second kappa shape index (κ2) is 5.16. The highest BCUT2D eigenvalue weighted by atomic mass is 79.9. The summed E-state index contributed by atoms with van der Waals surface area (Å²) in [4.78, 5) is 11.7. The van der Waals surface area contributed by atoms with Crippen LogP contribution >= 0.6 is 15.9 Å². The lowest BCUT2D eigenvalue weighted by Gasteiger charge is -2.29. The maximum atomic E-state index is 11.5. The van der Waals surface area contributed by atoms with E-state index >= 15 is 0 Å². The number of hydrogen-bond donors (Lipinski definition) is 1. The van der Waals surface area contributed by atoms with Crippen LogP contribution in [-0.2, 0) is 9.47 Å². The number of rotatable bonds is 1. The average Bonchev–Trinajstić information content (AvgIpc) is 2.05. The van der Waals surface area contributed by atoms with Crippen molar-refractivity contribution in [2.24, 2.45) is 0 Å². The van der Waals surface area contributed by atoms with E-state index in [1.54, 1.807) is 0 Å². The number of amides is 1. The van der Waals surface area contributed by atoms with Crippen LogP contribution in [0.15, 0.2) is 0 Å². The molecule has 1 heterocycles. The van der Waals surface area contributed by atoms with Gasteiger partial charge in [-0.3, -0.25) is 0 Å². The topological polar surface area (TPSA) is 47.6 Å². The summed E-state index contributed by atoms with van der Waals surface area (Å²) in [6.07, 6.45) is 0.517. The van der Waals surface area contributed by atoms with Crippen LogP contribution in [0.5, 0.6) is 0 Å². The van der Waals surface area contributed by atoms with Crippen molar-refractivity contribution in [2.45, 2.75) is 43.7 Å². The molecule has 0 saturated carbocycles. The molecule has 0 aromatic rings. The molecule has 0 aliphatic carbocycles. The number of halogens is 1. The summed E-state index contributed by atoms with van der Waals surface area (Å²) in [5.41, 5.74) is -0.457. The Kier molecular flexibility index (Phi) is 4.40. The van der Waals surface area contributed by atoms with Crippen LogP contribution < -0.4 is 5.32 Å². The van der Waals surface area contributed by atoms with Gasteiger partial charge in [-0.15, -0.1) is 0 Å². The summed E-state index contributed by atoms with van der Waals surface area (Å²) in [7, 11) is 0. The molecule has 1 amide bonds. The zero-order valence-corrected chi connectivity index (χ0v) is 11.0. The van der Waals surface area contributed by atoms with E-state index < -0.39 is 5.60 Å². The molecule has 1 rings (SSSR count). The molecule has 4 nitrogen and oxygen atoms in total. The Hall–Kier alpha value is -0.290. The first-order valence-corrected chi connectivity index (χ1v) is 6.01. The summed E-state index contributed by atoms with van der Waals surface area (Å²) in [6, 6.07) is -0.00593. The zero-order chi connectivity index (χ0) is 11.5. The number of alkyl halides is 1. The molecule has 0 spiro atoms. The average molecular weight is 280 g/mol. The Labute approximate surface area is 98.8 Å². The lowest BCUT2D eigenvalue weighted by atomic mass is 10.1. The Morgan fingerprint density at radius 2 is 2.20 bits per heavy atom. The van der Waals surface area contributed by atoms with Gasteiger partial charge in [0.25, 0.3) is 0 Å². The molecule has 1 aliphatic heterocycles. The molecular formula is C10H18BrNO3. The Bertz CT molecular complexity index is 227. The van der Waals surface area contributed by atoms with Crippen LogP contribution in [-0.4, -0.2) is 35.8 Å². The minimum atomic E-state index is -0.457. The van der Waals surface area contributed by atoms with Crippen LogP contribution in [0.1, 0.15) is 27.2 Å². The van der Waals surface area contributed by atoms with Crippen LogP contribution in [0.25, 0.3) is 0 Å². The normalized spacial score (nSPS) is 27.2. The lowest BCUT2D eigenvalue weighted by Crippen LogP contribution is -2.48. The summed E-state index contributed by atoms with van der Waals surface area (Å²) >= 11 is 3.51. The SMILES string of the molecule is CC(C)(C)OC(=O)NC1COCCC1Br. The van der Waals surface area contributed by atoms with E-state index in [4.69, 9.17) is 9.47 Å². The third-order valence-corrected chi connectivity index (χ3v) is 3.07. The molecule has 1 aliphatic rings. The first-order valence-electron chi connectivity index (χ1n) is 5.10. The standard InChI is InChI=1S/C10H18BrNO3/c1-10(2,3)15-9(13)12-8-6-14-5-4-7(8)11/h7-8H,4-6H2,1-3H3,(H,12,13). The molecule has 2 atom stereocenters. The molecular weight excluding hydrogens is 262 g/mol. The smallest absolute Gasteiger partial charge is 0.407 e. The summed E-state index contributed by atoms with van der Waals surface area (Å²) < 4.78 is 10.4. The minimum Gasteiger partial charge on any atom is -0.444 e. The van der Waals surface area contributed by atoms with E-state index in [1.165, 1.54) is 0 Å². The van der Waals surface area contributed by atoms with Gasteiger partial charge in [0.05, 0.1) is 12.6 Å². The molecule has 0 radical (unpaired) electrons. The maximum Gasteiger partial charge on any atom is 0.407 e. The van der Waals surface area contributed by atoms with E-state index in [0.29, 0.717) is 6.61 Å². The summed E-state index contributed by atoms with van der Waals surface area (Å²) in [5.74, 6) is 0. The van der Waals surface area contributed by atoms with Gasteiger partial charge < -0.3 is 14.8 Å². The number of hydrogen-bond acceptors (Lipinski definition) is 3. The van der Waals surface area contributed by atoms with Gasteiger partial charge >= 0.3 is 6.09 Å². The van der Waals surface area contributed by atoms with Gasteiger partial charge in [-0.05, 0) is 27.2 Å². The van der Waals surface area contributed by atoms with E-state index in [-0.39, 0.29) is 17.0 Å². The van der Waals surface area contributed by atoms with Crippen molar-refractivity contribution in [2.75, 3.05) is 13.2 Å². The van der Waals surface area contributed by atoms with Crippen molar-refractivity contribution < 1.29 is 14.3 Å². The fraction of sp³-hybridized carbons (Fsp3) is 0.900. The van der Waals surface area contributed by atoms with Gasteiger partial charge in [0.1, 0.15) is 5.60 Å². The Morgan fingerprint density at radius 3 is 2.73 bits per heavy atom. The molecule has 5 heteroatoms. The molecule has 15 heavy (non-hydrogen) atoms. The molecule has 2 unspecified atom stereocenters. The van der Waals surface area contributed by atoms with Crippen molar-refractivity contribution in [3.05, 3.63) is 0 Å². The highest BCUT2D eigenvalue weighted by Crippen LogP contribution is 2.16. The maximum absolute atomic E-state index is 11.5. The second-order valence-electron chi connectivity index (χ2n) is 4.63. The van der Waals surface area contributed by atoms with Crippen molar-refractivity contribution in [3.8, 4) is 0 Å². The highest BCUT2D eigenvalue weighted by molar-refractivity contribution is 9.09. The van der Waals surface area contributed by atoms with Gasteiger partial charge in [0.15, 0.2) is 0 Å². The van der Waals surface area contributed by atoms with Crippen LogP contribution in [0.3, 0.4) is 0 Å². The molecule has 0 aromatic heterocycles. The molecule has 1 N–H and O–H groups in total. The zero-order valence-electron chi connectivity index (χ0n) is 9.38. The van der Waals surface area contributed by atoms with E-state index in [1.807, 2.05) is 20.8 Å². The fourth-order valence-electron chi connectivity index (χ4n) is 1.30. The fourth-order valence-corrected chi connectivity index (χ4v) is 1.77. The summed E-state index contributed by atoms with van der Waals surface area (Å²) in [5, 5.41) is 2.79. The summed E-state index contributed by atoms with van der Waals surface area (Å²) in [6.45, 7) is 6.80. The quantitative estimate of drug-likeness (QED) is 0.748. The van der Waals surface area contributed by atoms with E-state index in [0.717, 1.165) is 13.0 Å². The van der Waals surface area contributed by atoms with E-state index in [2.05, 4.69) is 21.2 Å². The second-order valence-corrected chi connectivity index (χ2v) is 5.81. The van der Waals surface area contributed by atoms with Crippen molar-refractivity contribution in [1.29, 1.82) is 0 Å². The van der Waals surface area contributed by atoms with Gasteiger partial charge in [-0.2, -0.15) is 0 Å². The first kappa shape index (κ1) is 12.8. The number of alkyl carbamates (subject to hydrolysis) is 1. The molecule has 1 fully saturated rings. The monoisotopic (exact) mass is 279 g/mol. The van der Waals surface area contributed by atoms with Gasteiger partial charge in [-0.25, -0.2) is 4.79 Å². The molecule has 0 aromatic carbocycles. The third kappa shape index (κ3) is 4.84. The van der Waals surface area contributed by atoms with Crippen molar-refractivity contribution in [1.82, 2.24) is 5.32 Å². The number of carbonyl (C=O) groups is 1. The Morgan fingerprint density at radius 1 is 1.53 bits per heavy atom. The molecule has 88 valence electrons. The largest absolute Gasteiger partial charge is 0.444 e. The number of ether oxygens (including phenoxy) is 2. The highest BCUT2D eigenvalue weighted by Gasteiger charge is 2.26. The van der Waals surface area contributed by atoms with Crippen LogP contribution in [0.2, 0.25) is 0 Å². The van der Waals surface area contributed by atoms with E-state index in [9.17, 15) is 4.79 Å². The number of nitrogens with one attached hydrogen (secondary N) is 1. The lowest BCUT2D eigenvalue weighted by molar-refractivity contribution is 0.0365. The molecule has 1 saturated heterocycles. The van der Waals surface area contributed by atoms with Crippen LogP contribution in [0, 0.1) is 0 Å². The first-order chi connectivity index (χ1) is 6.88. The van der Waals surface area contributed by atoms with Crippen LogP contribution in [0.4, 0.5) is 4.79 Å². The van der Waals surface area contributed by atoms with Gasteiger partial charge in [0.2, 0.25) is 0 Å². The predicted molar refractivity (Wildman–Crippen MR) is 61.3 cm³/mol.